The first-order valence-corrected chi connectivity index (χ1v) is 8.15. The maximum atomic E-state index is 9.33. The van der Waals surface area contributed by atoms with Crippen molar-refractivity contribution in [2.24, 2.45) is 0 Å². The summed E-state index contributed by atoms with van der Waals surface area (Å²) >= 11 is 0. The van der Waals surface area contributed by atoms with E-state index in [1.165, 1.54) is 0 Å². The Balaban J connectivity index is 2.24. The second-order valence-electron chi connectivity index (χ2n) is 5.88. The summed E-state index contributed by atoms with van der Waals surface area (Å²) in [7, 11) is 5.39. The number of nitrogens with one attached hydrogen (secondary N) is 1. The summed E-state index contributed by atoms with van der Waals surface area (Å²) in [5.41, 5.74) is 1.13. The van der Waals surface area contributed by atoms with Gasteiger partial charge in [0.15, 0.2) is 0 Å². The number of hydrogen-bond acceptors (Lipinski definition) is 6. The van der Waals surface area contributed by atoms with Gasteiger partial charge in [-0.3, -0.25) is 9.80 Å². The van der Waals surface area contributed by atoms with E-state index < -0.39 is 0 Å². The normalized spacial score (nSPS) is 17.3. The molecule has 6 nitrogen and oxygen atoms in total. The molecular weight excluding hydrogens is 294 g/mol. The zero-order valence-electron chi connectivity index (χ0n) is 14.4. The van der Waals surface area contributed by atoms with E-state index in [2.05, 4.69) is 21.2 Å². The molecule has 1 aliphatic heterocycles. The number of benzene rings is 1. The Hall–Kier alpha value is -1.34. The van der Waals surface area contributed by atoms with E-state index in [1.54, 1.807) is 14.2 Å². The fourth-order valence-electron chi connectivity index (χ4n) is 3.02. The molecule has 0 spiro atoms. The number of likely N-dealkylation sites (N-methyl/N-ethyl adjacent to an activating group) is 1. The van der Waals surface area contributed by atoms with Crippen molar-refractivity contribution in [1.82, 2.24) is 15.1 Å². The Kier molecular flexibility index (Phi) is 7.11. The molecule has 1 atom stereocenters. The zero-order valence-corrected chi connectivity index (χ0v) is 14.4. The molecule has 23 heavy (non-hydrogen) atoms. The molecule has 0 radical (unpaired) electrons. The summed E-state index contributed by atoms with van der Waals surface area (Å²) < 4.78 is 10.9. The van der Waals surface area contributed by atoms with Crippen LogP contribution >= 0.6 is 0 Å². The molecule has 1 saturated heterocycles. The van der Waals surface area contributed by atoms with Crippen LogP contribution in [0, 0.1) is 0 Å². The number of rotatable bonds is 8. The van der Waals surface area contributed by atoms with Crippen LogP contribution in [0.4, 0.5) is 0 Å². The lowest BCUT2D eigenvalue weighted by molar-refractivity contribution is 0.128. The summed E-state index contributed by atoms with van der Waals surface area (Å²) in [6.45, 7) is 5.83. The molecule has 2 rings (SSSR count). The van der Waals surface area contributed by atoms with Gasteiger partial charge in [-0.05, 0) is 13.1 Å². The van der Waals surface area contributed by atoms with Crippen LogP contribution in [0.1, 0.15) is 11.6 Å². The lowest BCUT2D eigenvalue weighted by atomic mass is 10.0. The monoisotopic (exact) mass is 323 g/mol. The molecule has 1 heterocycles. The lowest BCUT2D eigenvalue weighted by Crippen LogP contribution is -2.47. The third-order valence-electron chi connectivity index (χ3n) is 4.43. The van der Waals surface area contributed by atoms with E-state index >= 15 is 0 Å². The van der Waals surface area contributed by atoms with Gasteiger partial charge in [-0.25, -0.2) is 0 Å². The van der Waals surface area contributed by atoms with Gasteiger partial charge in [-0.1, -0.05) is 6.07 Å². The first kappa shape index (κ1) is 18.0. The summed E-state index contributed by atoms with van der Waals surface area (Å²) in [4.78, 5) is 4.64. The molecule has 0 bridgehead atoms. The molecule has 0 saturated carbocycles. The Morgan fingerprint density at radius 2 is 2.00 bits per heavy atom. The molecule has 1 unspecified atom stereocenters. The Morgan fingerprint density at radius 1 is 1.26 bits per heavy atom. The topological polar surface area (TPSA) is 57.2 Å². The summed E-state index contributed by atoms with van der Waals surface area (Å²) in [5, 5.41) is 12.7. The fraction of sp³-hybridized carbons (Fsp3) is 0.647. The molecule has 6 heteroatoms. The standard InChI is InChI=1S/C17H29N3O3/c1-19(10-11-21)16(13-20-8-6-18-7-9-20)15-5-4-14(22-2)12-17(15)23-3/h4-5,12,16,18,21H,6-11,13H2,1-3H3. The summed E-state index contributed by atoms with van der Waals surface area (Å²) in [5.74, 6) is 1.62. The number of methoxy groups -OCH3 is 2. The van der Waals surface area contributed by atoms with Gasteiger partial charge in [0.1, 0.15) is 11.5 Å². The third-order valence-corrected chi connectivity index (χ3v) is 4.43. The van der Waals surface area contributed by atoms with Crippen molar-refractivity contribution in [2.45, 2.75) is 6.04 Å². The first-order chi connectivity index (χ1) is 11.2. The number of piperazine rings is 1. The molecule has 130 valence electrons. The summed E-state index contributed by atoms with van der Waals surface area (Å²) in [6.07, 6.45) is 0. The second-order valence-corrected chi connectivity index (χ2v) is 5.88. The average Bonchev–Trinajstić information content (AvgIpc) is 2.60. The Bertz CT molecular complexity index is 478. The fourth-order valence-corrected chi connectivity index (χ4v) is 3.02. The number of aliphatic hydroxyl groups excluding tert-OH is 1. The molecule has 1 aromatic carbocycles. The quantitative estimate of drug-likeness (QED) is 0.730. The van der Waals surface area contributed by atoms with E-state index in [4.69, 9.17) is 9.47 Å². The highest BCUT2D eigenvalue weighted by Gasteiger charge is 2.24. The van der Waals surface area contributed by atoms with Crippen molar-refractivity contribution < 1.29 is 14.6 Å². The van der Waals surface area contributed by atoms with Gasteiger partial charge in [0.2, 0.25) is 0 Å². The minimum Gasteiger partial charge on any atom is -0.497 e. The number of aliphatic hydroxyl groups is 1. The maximum absolute atomic E-state index is 9.33. The first-order valence-electron chi connectivity index (χ1n) is 8.15. The van der Waals surface area contributed by atoms with E-state index in [0.29, 0.717) is 6.54 Å². The van der Waals surface area contributed by atoms with Crippen molar-refractivity contribution in [3.8, 4) is 11.5 Å². The smallest absolute Gasteiger partial charge is 0.127 e. The molecule has 0 amide bonds. The minimum atomic E-state index is 0.146. The molecular formula is C17H29N3O3. The summed E-state index contributed by atoms with van der Waals surface area (Å²) in [6, 6.07) is 6.13. The maximum Gasteiger partial charge on any atom is 0.127 e. The number of nitrogens with zero attached hydrogens (tertiary/aromatic N) is 2. The Morgan fingerprint density at radius 3 is 2.61 bits per heavy atom. The van der Waals surface area contributed by atoms with Gasteiger partial charge in [0.05, 0.1) is 26.9 Å². The van der Waals surface area contributed by atoms with E-state index in [0.717, 1.165) is 49.8 Å². The van der Waals surface area contributed by atoms with Crippen molar-refractivity contribution in [3.63, 3.8) is 0 Å². The molecule has 2 N–H and O–H groups in total. The second kappa shape index (κ2) is 9.08. The van der Waals surface area contributed by atoms with Gasteiger partial charge in [0.25, 0.3) is 0 Å². The van der Waals surface area contributed by atoms with Gasteiger partial charge in [-0.15, -0.1) is 0 Å². The molecule has 1 aromatic rings. The highest BCUT2D eigenvalue weighted by molar-refractivity contribution is 5.42. The lowest BCUT2D eigenvalue weighted by Gasteiger charge is -2.36. The molecule has 1 fully saturated rings. The van der Waals surface area contributed by atoms with Gasteiger partial charge < -0.3 is 19.9 Å². The average molecular weight is 323 g/mol. The van der Waals surface area contributed by atoms with Gasteiger partial charge >= 0.3 is 0 Å². The third kappa shape index (κ3) is 4.81. The molecule has 0 aliphatic carbocycles. The number of hydrogen-bond donors (Lipinski definition) is 2. The van der Waals surface area contributed by atoms with Crippen molar-refractivity contribution >= 4 is 0 Å². The van der Waals surface area contributed by atoms with Crippen LogP contribution in [-0.4, -0.2) is 82.0 Å². The largest absolute Gasteiger partial charge is 0.497 e. The molecule has 0 aromatic heterocycles. The van der Waals surface area contributed by atoms with Gasteiger partial charge in [-0.2, -0.15) is 0 Å². The predicted molar refractivity (Wildman–Crippen MR) is 91.3 cm³/mol. The highest BCUT2D eigenvalue weighted by atomic mass is 16.5. The van der Waals surface area contributed by atoms with Crippen molar-refractivity contribution in [1.29, 1.82) is 0 Å². The zero-order chi connectivity index (χ0) is 16.7. The van der Waals surface area contributed by atoms with Gasteiger partial charge in [0, 0.05) is 50.9 Å². The Labute approximate surface area is 139 Å². The minimum absolute atomic E-state index is 0.146. The SMILES string of the molecule is COc1ccc(C(CN2CCNCC2)N(C)CCO)c(OC)c1. The highest BCUT2D eigenvalue weighted by Crippen LogP contribution is 2.32. The van der Waals surface area contributed by atoms with E-state index in [9.17, 15) is 5.11 Å². The van der Waals surface area contributed by atoms with Crippen molar-refractivity contribution in [2.75, 3.05) is 67.1 Å². The molecule has 1 aliphatic rings. The predicted octanol–water partition coefficient (Wildman–Crippen LogP) is 0.574. The van der Waals surface area contributed by atoms with Crippen molar-refractivity contribution in [3.05, 3.63) is 23.8 Å². The van der Waals surface area contributed by atoms with Crippen LogP contribution in [0.25, 0.3) is 0 Å². The van der Waals surface area contributed by atoms with Crippen LogP contribution in [0.3, 0.4) is 0 Å². The number of ether oxygens (including phenoxy) is 2. The van der Waals surface area contributed by atoms with Crippen LogP contribution < -0.4 is 14.8 Å². The van der Waals surface area contributed by atoms with Crippen LogP contribution in [-0.2, 0) is 0 Å². The van der Waals surface area contributed by atoms with Crippen LogP contribution in [0.2, 0.25) is 0 Å². The van der Waals surface area contributed by atoms with Crippen LogP contribution in [0.5, 0.6) is 11.5 Å². The van der Waals surface area contributed by atoms with E-state index in [1.807, 2.05) is 19.2 Å². The van der Waals surface area contributed by atoms with E-state index in [-0.39, 0.29) is 12.6 Å². The van der Waals surface area contributed by atoms with Crippen LogP contribution in [0.15, 0.2) is 18.2 Å².